The standard InChI is InChI=1S/C14H11IN4/c15-9-5-7-10(8-6-9)17-14-13(16)18-11-3-1-2-4-12(11)19-14/h1-8H,(H2,16,18)(H,17,19). The summed E-state index contributed by atoms with van der Waals surface area (Å²) in [5.74, 6) is 0.983. The number of halogens is 1. The fraction of sp³-hybridized carbons (Fsp3) is 0. The molecule has 0 unspecified atom stereocenters. The van der Waals surface area contributed by atoms with E-state index in [1.807, 2.05) is 48.5 Å². The summed E-state index contributed by atoms with van der Waals surface area (Å²) in [5, 5.41) is 3.19. The predicted molar refractivity (Wildman–Crippen MR) is 86.4 cm³/mol. The summed E-state index contributed by atoms with van der Waals surface area (Å²) < 4.78 is 1.18. The van der Waals surface area contributed by atoms with E-state index in [1.165, 1.54) is 3.57 Å². The zero-order chi connectivity index (χ0) is 13.2. The number of para-hydroxylation sites is 2. The van der Waals surface area contributed by atoms with Crippen LogP contribution in [0.4, 0.5) is 17.3 Å². The molecule has 0 atom stereocenters. The van der Waals surface area contributed by atoms with Crippen molar-refractivity contribution >= 4 is 50.9 Å². The molecule has 2 aromatic carbocycles. The Bertz CT molecular complexity index is 725. The lowest BCUT2D eigenvalue weighted by Crippen LogP contribution is -2.02. The third-order valence-electron chi connectivity index (χ3n) is 2.70. The minimum atomic E-state index is 0.400. The van der Waals surface area contributed by atoms with Crippen molar-refractivity contribution in [2.24, 2.45) is 0 Å². The minimum absolute atomic E-state index is 0.400. The summed E-state index contributed by atoms with van der Waals surface area (Å²) in [5.41, 5.74) is 8.49. The van der Waals surface area contributed by atoms with Crippen molar-refractivity contribution < 1.29 is 0 Å². The third-order valence-corrected chi connectivity index (χ3v) is 3.42. The molecule has 0 radical (unpaired) electrons. The van der Waals surface area contributed by atoms with E-state index < -0.39 is 0 Å². The van der Waals surface area contributed by atoms with Crippen LogP contribution >= 0.6 is 22.6 Å². The first-order chi connectivity index (χ1) is 9.22. The van der Waals surface area contributed by atoms with Crippen LogP contribution in [0.15, 0.2) is 48.5 Å². The van der Waals surface area contributed by atoms with Gasteiger partial charge in [0.1, 0.15) is 0 Å². The van der Waals surface area contributed by atoms with Crippen molar-refractivity contribution in [3.05, 3.63) is 52.1 Å². The maximum absolute atomic E-state index is 5.93. The maximum atomic E-state index is 5.93. The molecule has 3 rings (SSSR count). The third kappa shape index (κ3) is 2.60. The number of nitrogens with zero attached hydrogens (tertiary/aromatic N) is 2. The van der Waals surface area contributed by atoms with Crippen LogP contribution in [0.2, 0.25) is 0 Å². The zero-order valence-corrected chi connectivity index (χ0v) is 12.1. The van der Waals surface area contributed by atoms with Gasteiger partial charge in [0.2, 0.25) is 0 Å². The lowest BCUT2D eigenvalue weighted by molar-refractivity contribution is 1.29. The summed E-state index contributed by atoms with van der Waals surface area (Å²) in [6, 6.07) is 15.7. The summed E-state index contributed by atoms with van der Waals surface area (Å²) >= 11 is 2.27. The Morgan fingerprint density at radius 2 is 1.53 bits per heavy atom. The van der Waals surface area contributed by atoms with Crippen LogP contribution in [-0.2, 0) is 0 Å². The van der Waals surface area contributed by atoms with Gasteiger partial charge in [-0.2, -0.15) is 0 Å². The van der Waals surface area contributed by atoms with Gasteiger partial charge in [0.15, 0.2) is 11.6 Å². The highest BCUT2D eigenvalue weighted by atomic mass is 127. The molecule has 0 aliphatic carbocycles. The number of nitrogen functional groups attached to an aromatic ring is 1. The van der Waals surface area contributed by atoms with Crippen LogP contribution in [0.25, 0.3) is 11.0 Å². The number of benzene rings is 2. The molecule has 0 aliphatic heterocycles. The van der Waals surface area contributed by atoms with E-state index in [4.69, 9.17) is 5.73 Å². The van der Waals surface area contributed by atoms with Crippen LogP contribution in [0, 0.1) is 3.57 Å². The average molecular weight is 362 g/mol. The van der Waals surface area contributed by atoms with Gasteiger partial charge in [-0.1, -0.05) is 12.1 Å². The lowest BCUT2D eigenvalue weighted by atomic mass is 10.3. The predicted octanol–water partition coefficient (Wildman–Crippen LogP) is 3.56. The molecule has 19 heavy (non-hydrogen) atoms. The monoisotopic (exact) mass is 362 g/mol. The molecule has 0 saturated heterocycles. The van der Waals surface area contributed by atoms with Crippen molar-refractivity contribution in [2.45, 2.75) is 0 Å². The molecule has 0 amide bonds. The Labute approximate surface area is 124 Å². The van der Waals surface area contributed by atoms with Crippen molar-refractivity contribution in [3.63, 3.8) is 0 Å². The van der Waals surface area contributed by atoms with E-state index in [-0.39, 0.29) is 0 Å². The normalized spacial score (nSPS) is 10.6. The Balaban J connectivity index is 2.00. The number of rotatable bonds is 2. The Morgan fingerprint density at radius 1 is 0.895 bits per heavy atom. The summed E-state index contributed by atoms with van der Waals surface area (Å²) in [6.07, 6.45) is 0. The van der Waals surface area contributed by atoms with E-state index in [9.17, 15) is 0 Å². The van der Waals surface area contributed by atoms with E-state index >= 15 is 0 Å². The van der Waals surface area contributed by atoms with Gasteiger partial charge < -0.3 is 11.1 Å². The van der Waals surface area contributed by atoms with Gasteiger partial charge in [0.25, 0.3) is 0 Å². The molecule has 94 valence electrons. The number of nitrogens with one attached hydrogen (secondary N) is 1. The first-order valence-electron chi connectivity index (χ1n) is 5.77. The van der Waals surface area contributed by atoms with Gasteiger partial charge in [-0.25, -0.2) is 9.97 Å². The molecule has 3 N–H and O–H groups in total. The molecule has 4 nitrogen and oxygen atoms in total. The van der Waals surface area contributed by atoms with Gasteiger partial charge in [-0.3, -0.25) is 0 Å². The second-order valence-electron chi connectivity index (χ2n) is 4.08. The molecular weight excluding hydrogens is 351 g/mol. The molecular formula is C14H11IN4. The molecule has 5 heteroatoms. The summed E-state index contributed by atoms with van der Waals surface area (Å²) in [6.45, 7) is 0. The minimum Gasteiger partial charge on any atom is -0.381 e. The Morgan fingerprint density at radius 3 is 2.21 bits per heavy atom. The zero-order valence-electron chi connectivity index (χ0n) is 9.97. The Hall–Kier alpha value is -1.89. The van der Waals surface area contributed by atoms with Crippen molar-refractivity contribution in [1.29, 1.82) is 0 Å². The van der Waals surface area contributed by atoms with E-state index in [0.29, 0.717) is 11.6 Å². The quantitative estimate of drug-likeness (QED) is 0.685. The van der Waals surface area contributed by atoms with Gasteiger partial charge in [-0.05, 0) is 59.0 Å². The van der Waals surface area contributed by atoms with E-state index in [1.54, 1.807) is 0 Å². The van der Waals surface area contributed by atoms with Crippen molar-refractivity contribution in [1.82, 2.24) is 9.97 Å². The van der Waals surface area contributed by atoms with Crippen LogP contribution in [0.5, 0.6) is 0 Å². The molecule has 0 bridgehead atoms. The largest absolute Gasteiger partial charge is 0.381 e. The fourth-order valence-corrected chi connectivity index (χ4v) is 2.14. The lowest BCUT2D eigenvalue weighted by Gasteiger charge is -2.09. The highest BCUT2D eigenvalue weighted by Gasteiger charge is 2.05. The van der Waals surface area contributed by atoms with E-state index in [2.05, 4.69) is 37.9 Å². The number of hydrogen-bond acceptors (Lipinski definition) is 4. The highest BCUT2D eigenvalue weighted by molar-refractivity contribution is 14.1. The number of nitrogens with two attached hydrogens (primary N) is 1. The topological polar surface area (TPSA) is 63.8 Å². The number of hydrogen-bond donors (Lipinski definition) is 2. The molecule has 0 aliphatic rings. The van der Waals surface area contributed by atoms with Crippen LogP contribution in [0.3, 0.4) is 0 Å². The molecule has 0 fully saturated rings. The average Bonchev–Trinajstić information content (AvgIpc) is 2.42. The number of anilines is 3. The first-order valence-corrected chi connectivity index (χ1v) is 6.85. The van der Waals surface area contributed by atoms with Gasteiger partial charge in [0, 0.05) is 9.26 Å². The molecule has 1 heterocycles. The fourth-order valence-electron chi connectivity index (χ4n) is 1.78. The number of fused-ring (bicyclic) bond motifs is 1. The summed E-state index contributed by atoms with van der Waals surface area (Å²) in [4.78, 5) is 8.83. The highest BCUT2D eigenvalue weighted by Crippen LogP contribution is 2.22. The molecule has 3 aromatic rings. The summed E-state index contributed by atoms with van der Waals surface area (Å²) in [7, 11) is 0. The van der Waals surface area contributed by atoms with Gasteiger partial charge in [-0.15, -0.1) is 0 Å². The molecule has 1 aromatic heterocycles. The van der Waals surface area contributed by atoms with Crippen LogP contribution in [0.1, 0.15) is 0 Å². The van der Waals surface area contributed by atoms with Crippen molar-refractivity contribution in [3.8, 4) is 0 Å². The second-order valence-corrected chi connectivity index (χ2v) is 5.32. The Kier molecular flexibility index (Phi) is 3.20. The SMILES string of the molecule is Nc1nc2ccccc2nc1Nc1ccc(I)cc1. The molecule has 0 saturated carbocycles. The second kappa shape index (κ2) is 5.00. The van der Waals surface area contributed by atoms with E-state index in [0.717, 1.165) is 16.7 Å². The van der Waals surface area contributed by atoms with Crippen LogP contribution < -0.4 is 11.1 Å². The maximum Gasteiger partial charge on any atom is 0.174 e. The smallest absolute Gasteiger partial charge is 0.174 e. The van der Waals surface area contributed by atoms with Gasteiger partial charge >= 0.3 is 0 Å². The number of aromatic nitrogens is 2. The van der Waals surface area contributed by atoms with Crippen molar-refractivity contribution in [2.75, 3.05) is 11.1 Å². The van der Waals surface area contributed by atoms with Gasteiger partial charge in [0.05, 0.1) is 11.0 Å². The van der Waals surface area contributed by atoms with Crippen LogP contribution in [-0.4, -0.2) is 9.97 Å². The first kappa shape index (κ1) is 12.2. The molecule has 0 spiro atoms.